The molecule has 2 rings (SSSR count). The molecule has 0 unspecified atom stereocenters. The molecular formula is C13H20ClNO2. The van der Waals surface area contributed by atoms with Crippen molar-refractivity contribution in [2.45, 2.75) is 6.54 Å². The predicted octanol–water partition coefficient (Wildman–Crippen LogP) is 1.14. The summed E-state index contributed by atoms with van der Waals surface area (Å²) in [5, 5.41) is 18.4. The van der Waals surface area contributed by atoms with Crippen molar-refractivity contribution in [3.63, 3.8) is 0 Å². The number of hydrogen-bond donors (Lipinski definition) is 2. The van der Waals surface area contributed by atoms with Gasteiger partial charge in [0.05, 0.1) is 0 Å². The fourth-order valence-electron chi connectivity index (χ4n) is 2.42. The van der Waals surface area contributed by atoms with Crippen molar-refractivity contribution in [1.82, 2.24) is 4.90 Å². The van der Waals surface area contributed by atoms with Crippen LogP contribution in [-0.2, 0) is 6.54 Å². The molecule has 1 aliphatic rings. The lowest BCUT2D eigenvalue weighted by atomic mass is 9.98. The van der Waals surface area contributed by atoms with E-state index in [0.717, 1.165) is 19.6 Å². The number of benzene rings is 1. The highest BCUT2D eigenvalue weighted by Crippen LogP contribution is 2.23. The van der Waals surface area contributed by atoms with Gasteiger partial charge in [-0.1, -0.05) is 30.3 Å². The lowest BCUT2D eigenvalue weighted by Gasteiger charge is -2.15. The number of aliphatic hydroxyl groups excluding tert-OH is 2. The standard InChI is InChI=1S/C13H19NO2.ClH/c15-9-12-7-14(8-13(12)10-16)6-11-4-2-1-3-5-11;/h1-5,12-13,15-16H,6-10H2;1H/t12-,13+;. The smallest absolute Gasteiger partial charge is 0.0475 e. The minimum Gasteiger partial charge on any atom is -0.396 e. The molecule has 0 bridgehead atoms. The molecule has 0 saturated carbocycles. The number of halogens is 1. The highest BCUT2D eigenvalue weighted by atomic mass is 35.5. The molecule has 0 amide bonds. The lowest BCUT2D eigenvalue weighted by molar-refractivity contribution is 0.152. The van der Waals surface area contributed by atoms with Gasteiger partial charge in [-0.2, -0.15) is 0 Å². The molecule has 0 aliphatic carbocycles. The Morgan fingerprint density at radius 1 is 1.00 bits per heavy atom. The Hall–Kier alpha value is -0.610. The van der Waals surface area contributed by atoms with Crippen LogP contribution >= 0.6 is 12.4 Å². The molecule has 0 spiro atoms. The largest absolute Gasteiger partial charge is 0.396 e. The molecule has 3 nitrogen and oxygen atoms in total. The Morgan fingerprint density at radius 2 is 1.53 bits per heavy atom. The normalized spacial score (nSPS) is 24.6. The Bertz CT molecular complexity index is 308. The number of hydrogen-bond acceptors (Lipinski definition) is 3. The van der Waals surface area contributed by atoms with E-state index in [1.807, 2.05) is 18.2 Å². The van der Waals surface area contributed by atoms with Crippen LogP contribution in [0.2, 0.25) is 0 Å². The zero-order valence-corrected chi connectivity index (χ0v) is 10.6. The van der Waals surface area contributed by atoms with E-state index in [4.69, 9.17) is 0 Å². The number of rotatable bonds is 4. The van der Waals surface area contributed by atoms with Crippen LogP contribution in [0, 0.1) is 11.8 Å². The van der Waals surface area contributed by atoms with Crippen molar-refractivity contribution in [3.05, 3.63) is 35.9 Å². The highest BCUT2D eigenvalue weighted by Gasteiger charge is 2.31. The number of likely N-dealkylation sites (tertiary alicyclic amines) is 1. The fraction of sp³-hybridized carbons (Fsp3) is 0.538. The monoisotopic (exact) mass is 257 g/mol. The summed E-state index contributed by atoms with van der Waals surface area (Å²) in [6, 6.07) is 10.3. The van der Waals surface area contributed by atoms with Gasteiger partial charge in [0, 0.05) is 44.7 Å². The summed E-state index contributed by atoms with van der Waals surface area (Å²) in [7, 11) is 0. The van der Waals surface area contributed by atoms with Crippen LogP contribution in [0.1, 0.15) is 5.56 Å². The summed E-state index contributed by atoms with van der Waals surface area (Å²) < 4.78 is 0. The van der Waals surface area contributed by atoms with Gasteiger partial charge in [-0.05, 0) is 5.56 Å². The summed E-state index contributed by atoms with van der Waals surface area (Å²) in [6.45, 7) is 3.04. The first-order valence-electron chi connectivity index (χ1n) is 5.81. The van der Waals surface area contributed by atoms with Gasteiger partial charge >= 0.3 is 0 Å². The van der Waals surface area contributed by atoms with E-state index < -0.39 is 0 Å². The van der Waals surface area contributed by atoms with Gasteiger partial charge in [-0.15, -0.1) is 12.4 Å². The second kappa shape index (κ2) is 6.97. The molecule has 1 saturated heterocycles. The van der Waals surface area contributed by atoms with E-state index in [2.05, 4.69) is 17.0 Å². The van der Waals surface area contributed by atoms with Gasteiger partial charge in [0.15, 0.2) is 0 Å². The molecule has 96 valence electrons. The maximum Gasteiger partial charge on any atom is 0.0475 e. The van der Waals surface area contributed by atoms with Crippen molar-refractivity contribution in [1.29, 1.82) is 0 Å². The topological polar surface area (TPSA) is 43.7 Å². The van der Waals surface area contributed by atoms with E-state index in [0.29, 0.717) is 0 Å². The maximum atomic E-state index is 9.21. The summed E-state index contributed by atoms with van der Waals surface area (Å²) in [4.78, 5) is 2.30. The predicted molar refractivity (Wildman–Crippen MR) is 70.1 cm³/mol. The molecule has 1 aliphatic heterocycles. The first-order valence-corrected chi connectivity index (χ1v) is 5.81. The number of aliphatic hydroxyl groups is 2. The van der Waals surface area contributed by atoms with Crippen LogP contribution in [0.15, 0.2) is 30.3 Å². The van der Waals surface area contributed by atoms with Gasteiger partial charge in [-0.3, -0.25) is 4.90 Å². The van der Waals surface area contributed by atoms with E-state index in [-0.39, 0.29) is 37.5 Å². The minimum absolute atomic E-state index is 0. The van der Waals surface area contributed by atoms with E-state index in [9.17, 15) is 10.2 Å². The van der Waals surface area contributed by atoms with Gasteiger partial charge in [0.1, 0.15) is 0 Å². The van der Waals surface area contributed by atoms with E-state index in [1.54, 1.807) is 0 Å². The average molecular weight is 258 g/mol. The van der Waals surface area contributed by atoms with Gasteiger partial charge in [0.2, 0.25) is 0 Å². The Kier molecular flexibility index (Phi) is 5.92. The van der Waals surface area contributed by atoms with Crippen LogP contribution in [0.3, 0.4) is 0 Å². The summed E-state index contributed by atoms with van der Waals surface area (Å²) in [6.07, 6.45) is 0. The molecule has 2 atom stereocenters. The molecule has 1 heterocycles. The second-order valence-electron chi connectivity index (χ2n) is 4.56. The first kappa shape index (κ1) is 14.5. The van der Waals surface area contributed by atoms with Gasteiger partial charge < -0.3 is 10.2 Å². The Morgan fingerprint density at radius 3 is 2.00 bits per heavy atom. The van der Waals surface area contributed by atoms with Crippen molar-refractivity contribution in [3.8, 4) is 0 Å². The molecule has 4 heteroatoms. The lowest BCUT2D eigenvalue weighted by Crippen LogP contribution is -2.20. The zero-order valence-electron chi connectivity index (χ0n) is 9.83. The molecule has 17 heavy (non-hydrogen) atoms. The maximum absolute atomic E-state index is 9.21. The fourth-order valence-corrected chi connectivity index (χ4v) is 2.42. The summed E-state index contributed by atoms with van der Waals surface area (Å²) >= 11 is 0. The van der Waals surface area contributed by atoms with Crippen molar-refractivity contribution in [2.75, 3.05) is 26.3 Å². The van der Waals surface area contributed by atoms with E-state index >= 15 is 0 Å². The average Bonchev–Trinajstić information content (AvgIpc) is 2.72. The van der Waals surface area contributed by atoms with Crippen molar-refractivity contribution in [2.24, 2.45) is 11.8 Å². The van der Waals surface area contributed by atoms with E-state index in [1.165, 1.54) is 5.56 Å². The molecular weight excluding hydrogens is 238 g/mol. The van der Waals surface area contributed by atoms with Gasteiger partial charge in [0.25, 0.3) is 0 Å². The molecule has 2 N–H and O–H groups in total. The molecule has 0 radical (unpaired) electrons. The first-order chi connectivity index (χ1) is 7.83. The third-order valence-corrected chi connectivity index (χ3v) is 3.37. The van der Waals surface area contributed by atoms with Crippen LogP contribution in [0.25, 0.3) is 0 Å². The second-order valence-corrected chi connectivity index (χ2v) is 4.56. The van der Waals surface area contributed by atoms with Crippen LogP contribution in [0.5, 0.6) is 0 Å². The van der Waals surface area contributed by atoms with Crippen molar-refractivity contribution >= 4 is 12.4 Å². The molecule has 1 aromatic rings. The quantitative estimate of drug-likeness (QED) is 0.850. The zero-order chi connectivity index (χ0) is 11.4. The SMILES string of the molecule is Cl.OC[C@@H]1CN(Cc2ccccc2)C[C@@H]1CO. The number of nitrogens with zero attached hydrogens (tertiary/aromatic N) is 1. The van der Waals surface area contributed by atoms with Crippen molar-refractivity contribution < 1.29 is 10.2 Å². The summed E-state index contributed by atoms with van der Waals surface area (Å²) in [5.74, 6) is 0.461. The van der Waals surface area contributed by atoms with Crippen LogP contribution in [-0.4, -0.2) is 41.4 Å². The minimum atomic E-state index is 0. The molecule has 1 fully saturated rings. The Balaban J connectivity index is 0.00000144. The van der Waals surface area contributed by atoms with Crippen LogP contribution < -0.4 is 0 Å². The molecule has 1 aromatic carbocycles. The highest BCUT2D eigenvalue weighted by molar-refractivity contribution is 5.85. The Labute approximate surface area is 108 Å². The van der Waals surface area contributed by atoms with Crippen LogP contribution in [0.4, 0.5) is 0 Å². The third-order valence-electron chi connectivity index (χ3n) is 3.37. The molecule has 0 aromatic heterocycles. The summed E-state index contributed by atoms with van der Waals surface area (Å²) in [5.41, 5.74) is 1.29. The third kappa shape index (κ3) is 3.68. The van der Waals surface area contributed by atoms with Gasteiger partial charge in [-0.25, -0.2) is 0 Å².